The number of imidazole rings is 1. The summed E-state index contributed by atoms with van der Waals surface area (Å²) in [6, 6.07) is 0. The minimum atomic E-state index is -3.25. The van der Waals surface area contributed by atoms with Crippen LogP contribution in [0.15, 0.2) is 11.1 Å². The zero-order valence-corrected chi connectivity index (χ0v) is 23.5. The highest BCUT2D eigenvalue weighted by molar-refractivity contribution is 8.00. The maximum Gasteiger partial charge on any atom is 0.488 e. The molecule has 35 heavy (non-hydrogen) atoms. The molecule has 3 heterocycles. The van der Waals surface area contributed by atoms with E-state index in [0.29, 0.717) is 0 Å². The van der Waals surface area contributed by atoms with Crippen molar-refractivity contribution in [1.29, 1.82) is 0 Å². The zero-order valence-electron chi connectivity index (χ0n) is 20.8. The monoisotopic (exact) mass is 545 g/mol. The Labute approximate surface area is 209 Å². The van der Waals surface area contributed by atoms with Gasteiger partial charge in [0.05, 0.1) is 24.3 Å². The van der Waals surface area contributed by atoms with Gasteiger partial charge in [-0.3, -0.25) is 24.5 Å². The quantitative estimate of drug-likeness (QED) is 0.329. The minimum Gasteiger partial charge on any atom is -0.566 e. The lowest BCUT2D eigenvalue weighted by Crippen LogP contribution is -2.49. The van der Waals surface area contributed by atoms with E-state index < -0.39 is 45.0 Å². The van der Waals surface area contributed by atoms with E-state index in [-0.39, 0.29) is 40.6 Å². The van der Waals surface area contributed by atoms with Gasteiger partial charge >= 0.3 is 8.25 Å². The van der Waals surface area contributed by atoms with Gasteiger partial charge in [0.1, 0.15) is 5.37 Å². The SMILES string of the molecule is CC(C)C(=O)Nc1nc2c(ncn2[C@@H]2S[C@H](CO)[C@@H](O[Si](C)(C)C(C)(C)C)[C@H]2O[P+](=O)[O-])c(=O)[nH]1. The molecule has 2 aromatic rings. The molecule has 0 aliphatic carbocycles. The minimum absolute atomic E-state index is 0.0210. The van der Waals surface area contributed by atoms with Crippen molar-refractivity contribution in [2.24, 2.45) is 5.92 Å². The number of hydrogen-bond donors (Lipinski definition) is 3. The fourth-order valence-electron chi connectivity index (χ4n) is 3.38. The van der Waals surface area contributed by atoms with E-state index in [1.807, 2.05) is 13.1 Å². The Morgan fingerprint density at radius 2 is 2.06 bits per heavy atom. The van der Waals surface area contributed by atoms with E-state index >= 15 is 0 Å². The molecule has 1 saturated heterocycles. The van der Waals surface area contributed by atoms with Crippen LogP contribution in [0.4, 0.5) is 5.95 Å². The van der Waals surface area contributed by atoms with Gasteiger partial charge < -0.3 is 14.4 Å². The van der Waals surface area contributed by atoms with Crippen molar-refractivity contribution in [2.45, 2.75) is 75.6 Å². The molecule has 2 aromatic heterocycles. The van der Waals surface area contributed by atoms with Gasteiger partial charge in [0, 0.05) is 5.92 Å². The standard InChI is InChI=1S/C20H32N5O7PSSi/c1-10(2)16(27)23-19-22-15-12(17(28)24-19)21-9-25(15)18-14(31-33(29)30)13(11(8-26)34-18)32-35(6,7)20(3,4)5/h9-11,13-14,18,26H,8H2,1-7H3,(H2,22,23,24,27,28)/t11-,13-,14-,18-/m1/s1. The normalized spacial score (nSPS) is 23.8. The van der Waals surface area contributed by atoms with Gasteiger partial charge in [0.2, 0.25) is 11.9 Å². The number of H-pyrrole nitrogens is 1. The number of nitrogens with zero attached hydrogens (tertiary/aromatic N) is 3. The lowest BCUT2D eigenvalue weighted by atomic mass is 10.1. The topological polar surface area (TPSA) is 171 Å². The molecule has 3 N–H and O–H groups in total. The molecule has 1 unspecified atom stereocenters. The summed E-state index contributed by atoms with van der Waals surface area (Å²) in [7, 11) is -5.63. The number of anilines is 1. The van der Waals surface area contributed by atoms with Crippen molar-refractivity contribution in [3.05, 3.63) is 16.7 Å². The molecular formula is C20H32N5O7PSSi. The van der Waals surface area contributed by atoms with Gasteiger partial charge in [-0.25, -0.2) is 4.98 Å². The van der Waals surface area contributed by atoms with E-state index in [9.17, 15) is 24.2 Å². The molecule has 1 fully saturated rings. The second-order valence-corrected chi connectivity index (χ2v) is 17.0. The second kappa shape index (κ2) is 10.4. The van der Waals surface area contributed by atoms with Crippen molar-refractivity contribution in [3.8, 4) is 0 Å². The highest BCUT2D eigenvalue weighted by Crippen LogP contribution is 2.50. The average Bonchev–Trinajstić information content (AvgIpc) is 3.28. The van der Waals surface area contributed by atoms with Gasteiger partial charge in [-0.05, 0) is 22.7 Å². The maximum absolute atomic E-state index is 12.6. The summed E-state index contributed by atoms with van der Waals surface area (Å²) in [4.78, 5) is 47.4. The molecule has 1 amide bonds. The number of nitrogens with one attached hydrogen (secondary N) is 2. The summed E-state index contributed by atoms with van der Waals surface area (Å²) in [5, 5.41) is 11.3. The van der Waals surface area contributed by atoms with Crippen LogP contribution in [0, 0.1) is 5.92 Å². The number of aromatic nitrogens is 4. The lowest BCUT2D eigenvalue weighted by Gasteiger charge is -2.40. The molecule has 0 saturated carbocycles. The Kier molecular flexibility index (Phi) is 8.26. The van der Waals surface area contributed by atoms with Gasteiger partial charge in [-0.1, -0.05) is 34.6 Å². The first-order valence-electron chi connectivity index (χ1n) is 11.2. The first kappa shape index (κ1) is 27.9. The van der Waals surface area contributed by atoms with E-state index in [0.717, 1.165) is 0 Å². The number of rotatable bonds is 8. The summed E-state index contributed by atoms with van der Waals surface area (Å²) >= 11 is 1.26. The van der Waals surface area contributed by atoms with Crippen LogP contribution in [0.1, 0.15) is 40.0 Å². The number of thioether (sulfide) groups is 1. The largest absolute Gasteiger partial charge is 0.566 e. The van der Waals surface area contributed by atoms with Crippen LogP contribution < -0.4 is 15.8 Å². The number of aliphatic hydroxyl groups is 1. The summed E-state index contributed by atoms with van der Waals surface area (Å²) in [6.07, 6.45) is -0.362. The Morgan fingerprint density at radius 3 is 2.60 bits per heavy atom. The third kappa shape index (κ3) is 5.84. The maximum atomic E-state index is 12.6. The van der Waals surface area contributed by atoms with Crippen LogP contribution >= 0.6 is 20.0 Å². The van der Waals surface area contributed by atoms with Gasteiger partial charge in [0.25, 0.3) is 5.56 Å². The number of aromatic amines is 1. The zero-order chi connectivity index (χ0) is 26.3. The highest BCUT2D eigenvalue weighted by atomic mass is 32.2. The van der Waals surface area contributed by atoms with Crippen LogP contribution in [0.25, 0.3) is 11.2 Å². The highest BCUT2D eigenvalue weighted by Gasteiger charge is 2.53. The van der Waals surface area contributed by atoms with Crippen molar-refractivity contribution >= 4 is 51.4 Å². The molecule has 12 nitrogen and oxygen atoms in total. The third-order valence-electron chi connectivity index (χ3n) is 6.38. The molecule has 194 valence electrons. The van der Waals surface area contributed by atoms with Crippen LogP contribution in [0.2, 0.25) is 18.1 Å². The molecule has 3 rings (SSSR count). The molecule has 0 bridgehead atoms. The summed E-state index contributed by atoms with van der Waals surface area (Å²) < 4.78 is 25.1. The number of hydrogen-bond acceptors (Lipinski definition) is 10. The van der Waals surface area contributed by atoms with Crippen LogP contribution in [-0.4, -0.2) is 62.9 Å². The van der Waals surface area contributed by atoms with Gasteiger partial charge in [0.15, 0.2) is 25.6 Å². The summed E-state index contributed by atoms with van der Waals surface area (Å²) in [5.74, 6) is -0.719. The van der Waals surface area contributed by atoms with Crippen LogP contribution in [0.3, 0.4) is 0 Å². The molecular weight excluding hydrogens is 513 g/mol. The molecule has 0 spiro atoms. The molecule has 0 radical (unpaired) electrons. The summed E-state index contributed by atoms with van der Waals surface area (Å²) in [5.41, 5.74) is -0.395. The van der Waals surface area contributed by atoms with E-state index in [2.05, 4.69) is 41.0 Å². The average molecular weight is 546 g/mol. The van der Waals surface area contributed by atoms with Crippen LogP contribution in [-0.2, 0) is 18.3 Å². The predicted molar refractivity (Wildman–Crippen MR) is 134 cm³/mol. The Morgan fingerprint density at radius 1 is 1.40 bits per heavy atom. The Hall–Kier alpha value is -1.67. The van der Waals surface area contributed by atoms with Crippen molar-refractivity contribution in [2.75, 3.05) is 11.9 Å². The number of carbonyl (C=O) groups excluding carboxylic acids is 1. The van der Waals surface area contributed by atoms with Gasteiger partial charge in [-0.2, -0.15) is 4.98 Å². The molecule has 1 aliphatic rings. The second-order valence-electron chi connectivity index (χ2n) is 10.3. The predicted octanol–water partition coefficient (Wildman–Crippen LogP) is 2.11. The molecule has 1 aliphatic heterocycles. The molecule has 0 aromatic carbocycles. The van der Waals surface area contributed by atoms with E-state index in [1.165, 1.54) is 22.7 Å². The molecule has 15 heteroatoms. The molecule has 5 atom stereocenters. The Balaban J connectivity index is 2.07. The number of fused-ring (bicyclic) bond motifs is 1. The van der Waals surface area contributed by atoms with E-state index in [1.54, 1.807) is 13.8 Å². The smallest absolute Gasteiger partial charge is 0.488 e. The van der Waals surface area contributed by atoms with Crippen molar-refractivity contribution in [3.63, 3.8) is 0 Å². The fourth-order valence-corrected chi connectivity index (χ4v) is 6.79. The fraction of sp³-hybridized carbons (Fsp3) is 0.700. The first-order valence-corrected chi connectivity index (χ1v) is 16.1. The van der Waals surface area contributed by atoms with Crippen molar-refractivity contribution in [1.82, 2.24) is 19.5 Å². The van der Waals surface area contributed by atoms with E-state index in [4.69, 9.17) is 8.95 Å². The number of amides is 1. The van der Waals surface area contributed by atoms with Crippen LogP contribution in [0.5, 0.6) is 0 Å². The van der Waals surface area contributed by atoms with Gasteiger partial charge in [-0.15, -0.1) is 16.3 Å². The number of aliphatic hydroxyl groups excluding tert-OH is 1. The third-order valence-corrected chi connectivity index (χ3v) is 12.8. The van der Waals surface area contributed by atoms with Crippen molar-refractivity contribution < 1.29 is 28.3 Å². The Bertz CT molecular complexity index is 1160. The lowest BCUT2D eigenvalue weighted by molar-refractivity contribution is -0.192. The summed E-state index contributed by atoms with van der Waals surface area (Å²) in [6.45, 7) is 13.4. The number of carbonyl (C=O) groups is 1. The first-order chi connectivity index (χ1) is 16.2.